The van der Waals surface area contributed by atoms with Gasteiger partial charge < -0.3 is 9.47 Å². The van der Waals surface area contributed by atoms with Gasteiger partial charge in [-0.1, -0.05) is 91.0 Å². The largest absolute Gasteiger partial charge is 0.489 e. The van der Waals surface area contributed by atoms with Gasteiger partial charge >= 0.3 is 6.03 Å². The lowest BCUT2D eigenvalue weighted by Gasteiger charge is -2.26. The van der Waals surface area contributed by atoms with Crippen LogP contribution in [-0.4, -0.2) is 17.8 Å². The van der Waals surface area contributed by atoms with Gasteiger partial charge in [-0.05, 0) is 58.3 Å². The number of imide groups is 2. The number of anilines is 1. The lowest BCUT2D eigenvalue weighted by Crippen LogP contribution is -2.54. The van der Waals surface area contributed by atoms with Crippen molar-refractivity contribution in [2.45, 2.75) is 13.2 Å². The van der Waals surface area contributed by atoms with E-state index in [1.54, 1.807) is 24.3 Å². The van der Waals surface area contributed by atoms with E-state index in [2.05, 4.69) is 5.32 Å². The number of fused-ring (bicyclic) bond motifs is 1. The number of rotatable bonds is 8. The van der Waals surface area contributed by atoms with Crippen molar-refractivity contribution in [3.05, 3.63) is 144 Å². The Kier molecular flexibility index (Phi) is 7.46. The molecule has 0 spiro atoms. The summed E-state index contributed by atoms with van der Waals surface area (Å²) in [5.41, 5.74) is 2.69. The van der Waals surface area contributed by atoms with Gasteiger partial charge in [0.05, 0.1) is 5.69 Å². The van der Waals surface area contributed by atoms with Gasteiger partial charge in [-0.25, -0.2) is 9.69 Å². The molecule has 7 heteroatoms. The van der Waals surface area contributed by atoms with Crippen molar-refractivity contribution >= 4 is 40.4 Å². The monoisotopic (exact) mass is 554 g/mol. The first kappa shape index (κ1) is 26.5. The van der Waals surface area contributed by atoms with Crippen LogP contribution >= 0.6 is 0 Å². The van der Waals surface area contributed by atoms with Gasteiger partial charge in [-0.2, -0.15) is 0 Å². The van der Waals surface area contributed by atoms with Gasteiger partial charge in [0.25, 0.3) is 11.8 Å². The third-order valence-corrected chi connectivity index (χ3v) is 6.90. The molecule has 42 heavy (non-hydrogen) atoms. The molecule has 7 nitrogen and oxygen atoms in total. The topological polar surface area (TPSA) is 84.9 Å². The van der Waals surface area contributed by atoms with Crippen LogP contribution in [0.15, 0.2) is 127 Å². The highest BCUT2D eigenvalue weighted by molar-refractivity contribution is 6.39. The summed E-state index contributed by atoms with van der Waals surface area (Å²) in [6.07, 6.45) is 1.50. The standard InChI is InChI=1S/C35H26N2O5/c38-33-31(21-30-29-14-8-7-13-26(29)15-20-32(30)42-23-25-11-5-2-6-12-25)34(39)37(35(40)36-33)27-16-18-28(19-17-27)41-22-24-9-3-1-4-10-24/h1-21H,22-23H2,(H,36,38,40)/b31-21+. The molecule has 6 rings (SSSR count). The Hall–Kier alpha value is -5.69. The summed E-state index contributed by atoms with van der Waals surface area (Å²) in [5.74, 6) is -0.418. The molecule has 4 amide bonds. The highest BCUT2D eigenvalue weighted by atomic mass is 16.5. The highest BCUT2D eigenvalue weighted by Crippen LogP contribution is 2.32. The lowest BCUT2D eigenvalue weighted by molar-refractivity contribution is -0.122. The molecule has 0 atom stereocenters. The maximum Gasteiger partial charge on any atom is 0.335 e. The summed E-state index contributed by atoms with van der Waals surface area (Å²) in [6.45, 7) is 0.684. The van der Waals surface area contributed by atoms with Crippen LogP contribution in [0.4, 0.5) is 10.5 Å². The first-order valence-corrected chi connectivity index (χ1v) is 13.4. The second-order valence-electron chi connectivity index (χ2n) is 9.70. The Bertz CT molecular complexity index is 1800. The third kappa shape index (κ3) is 5.62. The fourth-order valence-electron chi connectivity index (χ4n) is 4.75. The zero-order valence-electron chi connectivity index (χ0n) is 22.5. The first-order valence-electron chi connectivity index (χ1n) is 13.4. The number of nitrogens with zero attached hydrogens (tertiary/aromatic N) is 1. The van der Waals surface area contributed by atoms with E-state index in [-0.39, 0.29) is 5.57 Å². The van der Waals surface area contributed by atoms with Crippen molar-refractivity contribution in [3.8, 4) is 11.5 Å². The summed E-state index contributed by atoms with van der Waals surface area (Å²) in [7, 11) is 0. The van der Waals surface area contributed by atoms with E-state index >= 15 is 0 Å². The van der Waals surface area contributed by atoms with E-state index in [1.165, 1.54) is 6.08 Å². The molecule has 5 aromatic carbocycles. The SMILES string of the molecule is O=C1NC(=O)N(c2ccc(OCc3ccccc3)cc2)C(=O)/C1=C/c1c(OCc2ccccc2)ccc2ccccc12. The van der Waals surface area contributed by atoms with Gasteiger partial charge in [0.1, 0.15) is 30.3 Å². The number of nitrogens with one attached hydrogen (secondary N) is 1. The molecule has 0 saturated carbocycles. The molecule has 1 heterocycles. The Morgan fingerprint density at radius 3 is 1.95 bits per heavy atom. The van der Waals surface area contributed by atoms with Crippen molar-refractivity contribution in [1.29, 1.82) is 0 Å². The van der Waals surface area contributed by atoms with Gasteiger partial charge in [0, 0.05) is 5.56 Å². The van der Waals surface area contributed by atoms with Gasteiger partial charge in [-0.3, -0.25) is 14.9 Å². The van der Waals surface area contributed by atoms with E-state index in [9.17, 15) is 14.4 Å². The third-order valence-electron chi connectivity index (χ3n) is 6.90. The molecule has 0 aromatic heterocycles. The minimum Gasteiger partial charge on any atom is -0.489 e. The molecule has 1 aliphatic rings. The van der Waals surface area contributed by atoms with E-state index < -0.39 is 17.8 Å². The number of barbiturate groups is 1. The van der Waals surface area contributed by atoms with Gasteiger partial charge in [-0.15, -0.1) is 0 Å². The van der Waals surface area contributed by atoms with Gasteiger partial charge in [0.15, 0.2) is 0 Å². The zero-order valence-corrected chi connectivity index (χ0v) is 22.5. The average Bonchev–Trinajstić information content (AvgIpc) is 3.03. The summed E-state index contributed by atoms with van der Waals surface area (Å²) in [6, 6.07) is 36.6. The maximum atomic E-state index is 13.7. The van der Waals surface area contributed by atoms with Crippen molar-refractivity contribution in [1.82, 2.24) is 5.32 Å². The summed E-state index contributed by atoms with van der Waals surface area (Å²) in [5, 5.41) is 4.02. The number of carbonyl (C=O) groups excluding carboxylic acids is 3. The second-order valence-corrected chi connectivity index (χ2v) is 9.70. The Morgan fingerprint density at radius 2 is 1.26 bits per heavy atom. The lowest BCUT2D eigenvalue weighted by atomic mass is 9.99. The molecule has 0 aliphatic carbocycles. The molecule has 1 fully saturated rings. The molecule has 1 aliphatic heterocycles. The van der Waals surface area contributed by atoms with E-state index in [1.807, 2.05) is 97.1 Å². The fraction of sp³-hybridized carbons (Fsp3) is 0.0571. The van der Waals surface area contributed by atoms with Crippen LogP contribution in [0.2, 0.25) is 0 Å². The Labute approximate surface area is 242 Å². The van der Waals surface area contributed by atoms with Crippen LogP contribution in [0.1, 0.15) is 16.7 Å². The summed E-state index contributed by atoms with van der Waals surface area (Å²) >= 11 is 0. The van der Waals surface area contributed by atoms with Crippen LogP contribution in [0.3, 0.4) is 0 Å². The minimum atomic E-state index is -0.821. The first-order chi connectivity index (χ1) is 20.6. The number of amides is 4. The van der Waals surface area contributed by atoms with Crippen LogP contribution in [0.25, 0.3) is 16.8 Å². The van der Waals surface area contributed by atoms with Crippen molar-refractivity contribution in [3.63, 3.8) is 0 Å². The normalized spacial score (nSPS) is 14.2. The molecule has 0 radical (unpaired) electrons. The van der Waals surface area contributed by atoms with Crippen LogP contribution in [0, 0.1) is 0 Å². The number of benzene rings is 5. The number of urea groups is 1. The minimum absolute atomic E-state index is 0.181. The number of hydrogen-bond acceptors (Lipinski definition) is 5. The molecule has 1 saturated heterocycles. The fourth-order valence-corrected chi connectivity index (χ4v) is 4.75. The molecule has 206 valence electrons. The number of ether oxygens (including phenoxy) is 2. The van der Waals surface area contributed by atoms with E-state index in [0.29, 0.717) is 36.0 Å². The molecule has 1 N–H and O–H groups in total. The van der Waals surface area contributed by atoms with E-state index in [4.69, 9.17) is 9.47 Å². The zero-order chi connectivity index (χ0) is 28.9. The maximum absolute atomic E-state index is 13.7. The number of carbonyl (C=O) groups is 3. The molecule has 0 unspecified atom stereocenters. The summed E-state index contributed by atoms with van der Waals surface area (Å²) < 4.78 is 12.0. The quantitative estimate of drug-likeness (QED) is 0.171. The van der Waals surface area contributed by atoms with Crippen molar-refractivity contribution in [2.24, 2.45) is 0 Å². The predicted octanol–water partition coefficient (Wildman–Crippen LogP) is 6.66. The van der Waals surface area contributed by atoms with Gasteiger partial charge in [0.2, 0.25) is 0 Å². The average molecular weight is 555 g/mol. The van der Waals surface area contributed by atoms with E-state index in [0.717, 1.165) is 26.8 Å². The smallest absolute Gasteiger partial charge is 0.335 e. The van der Waals surface area contributed by atoms with Crippen molar-refractivity contribution < 1.29 is 23.9 Å². The molecular weight excluding hydrogens is 528 g/mol. The second kappa shape index (κ2) is 11.8. The molecule has 0 bridgehead atoms. The van der Waals surface area contributed by atoms with Crippen LogP contribution < -0.4 is 19.7 Å². The predicted molar refractivity (Wildman–Crippen MR) is 161 cm³/mol. The van der Waals surface area contributed by atoms with Crippen molar-refractivity contribution in [2.75, 3.05) is 4.90 Å². The Balaban J connectivity index is 1.30. The molecular formula is C35H26N2O5. The Morgan fingerprint density at radius 1 is 0.643 bits per heavy atom. The highest BCUT2D eigenvalue weighted by Gasteiger charge is 2.37. The number of hydrogen-bond donors (Lipinski definition) is 1. The van der Waals surface area contributed by atoms with Crippen LogP contribution in [0.5, 0.6) is 11.5 Å². The van der Waals surface area contributed by atoms with Crippen LogP contribution in [-0.2, 0) is 22.8 Å². The summed E-state index contributed by atoms with van der Waals surface area (Å²) in [4.78, 5) is 40.5. The molecule has 5 aromatic rings.